The van der Waals surface area contributed by atoms with Crippen LogP contribution in [-0.4, -0.2) is 16.8 Å². The molecule has 3 rings (SSSR count). The van der Waals surface area contributed by atoms with Gasteiger partial charge in [-0.15, -0.1) is 0 Å². The van der Waals surface area contributed by atoms with E-state index in [0.29, 0.717) is 6.54 Å². The maximum atomic E-state index is 12.5. The van der Waals surface area contributed by atoms with Gasteiger partial charge in [-0.3, -0.25) is 9.78 Å². The van der Waals surface area contributed by atoms with Crippen molar-refractivity contribution in [2.45, 2.75) is 38.8 Å². The van der Waals surface area contributed by atoms with Gasteiger partial charge in [-0.1, -0.05) is 12.1 Å². The molecule has 1 aliphatic rings. The SMILES string of the molecule is CC(NCc1ccncc1)C(=O)c1ccc2c(c1)CCC2. The molecule has 0 aliphatic heterocycles. The summed E-state index contributed by atoms with van der Waals surface area (Å²) in [5.41, 5.74) is 4.72. The number of aromatic nitrogens is 1. The lowest BCUT2D eigenvalue weighted by atomic mass is 10.0. The minimum absolute atomic E-state index is 0.166. The van der Waals surface area contributed by atoms with Crippen LogP contribution in [0.1, 0.15) is 40.4 Å². The van der Waals surface area contributed by atoms with Gasteiger partial charge in [-0.2, -0.15) is 0 Å². The van der Waals surface area contributed by atoms with Gasteiger partial charge in [0.1, 0.15) is 0 Å². The average molecular weight is 280 g/mol. The second kappa shape index (κ2) is 6.19. The molecule has 1 atom stereocenters. The number of nitrogens with zero attached hydrogens (tertiary/aromatic N) is 1. The first kappa shape index (κ1) is 14.0. The van der Waals surface area contributed by atoms with E-state index in [1.807, 2.05) is 25.1 Å². The molecule has 1 aliphatic carbocycles. The number of Topliss-reactive ketones (excluding diaryl/α,β-unsaturated/α-hetero) is 1. The molecule has 0 bridgehead atoms. The third-order valence-electron chi connectivity index (χ3n) is 4.14. The topological polar surface area (TPSA) is 42.0 Å². The van der Waals surface area contributed by atoms with E-state index >= 15 is 0 Å². The number of aryl methyl sites for hydroxylation is 2. The number of nitrogens with one attached hydrogen (secondary N) is 1. The normalized spacial score (nSPS) is 14.7. The van der Waals surface area contributed by atoms with Crippen LogP contribution in [0.25, 0.3) is 0 Å². The van der Waals surface area contributed by atoms with Crippen molar-refractivity contribution in [3.05, 3.63) is 65.0 Å². The number of pyridine rings is 1. The quantitative estimate of drug-likeness (QED) is 0.856. The van der Waals surface area contributed by atoms with E-state index in [4.69, 9.17) is 0 Å². The molecule has 2 aromatic rings. The number of hydrogen-bond donors (Lipinski definition) is 1. The van der Waals surface area contributed by atoms with E-state index in [1.165, 1.54) is 17.5 Å². The van der Waals surface area contributed by atoms with E-state index in [0.717, 1.165) is 24.0 Å². The molecule has 3 heteroatoms. The van der Waals surface area contributed by atoms with Gasteiger partial charge in [0.2, 0.25) is 0 Å². The number of ketones is 1. The molecule has 21 heavy (non-hydrogen) atoms. The van der Waals surface area contributed by atoms with E-state index in [9.17, 15) is 4.79 Å². The summed E-state index contributed by atoms with van der Waals surface area (Å²) in [6.07, 6.45) is 7.01. The number of carbonyl (C=O) groups excluding carboxylic acids is 1. The molecule has 1 unspecified atom stereocenters. The molecule has 1 aromatic heterocycles. The predicted molar refractivity (Wildman–Crippen MR) is 83.3 cm³/mol. The maximum absolute atomic E-state index is 12.5. The van der Waals surface area contributed by atoms with Crippen LogP contribution in [0, 0.1) is 0 Å². The van der Waals surface area contributed by atoms with Gasteiger partial charge in [0.15, 0.2) is 5.78 Å². The minimum atomic E-state index is -0.183. The number of rotatable bonds is 5. The van der Waals surface area contributed by atoms with Crippen LogP contribution in [0.3, 0.4) is 0 Å². The molecular formula is C18H20N2O. The van der Waals surface area contributed by atoms with Crippen LogP contribution in [0.5, 0.6) is 0 Å². The molecule has 0 amide bonds. The fraction of sp³-hybridized carbons (Fsp3) is 0.333. The first-order valence-electron chi connectivity index (χ1n) is 7.52. The van der Waals surface area contributed by atoms with Crippen LogP contribution in [-0.2, 0) is 19.4 Å². The Balaban J connectivity index is 1.64. The highest BCUT2D eigenvalue weighted by Gasteiger charge is 2.18. The van der Waals surface area contributed by atoms with Crippen molar-refractivity contribution >= 4 is 5.78 Å². The summed E-state index contributed by atoms with van der Waals surface area (Å²) >= 11 is 0. The Kier molecular flexibility index (Phi) is 4.11. The van der Waals surface area contributed by atoms with Gasteiger partial charge >= 0.3 is 0 Å². The Hall–Kier alpha value is -2.00. The summed E-state index contributed by atoms with van der Waals surface area (Å²) in [7, 11) is 0. The van der Waals surface area contributed by atoms with Gasteiger partial charge in [0.25, 0.3) is 0 Å². The van der Waals surface area contributed by atoms with Crippen LogP contribution < -0.4 is 5.32 Å². The molecule has 1 heterocycles. The molecule has 3 nitrogen and oxygen atoms in total. The van der Waals surface area contributed by atoms with E-state index in [1.54, 1.807) is 12.4 Å². The highest BCUT2D eigenvalue weighted by atomic mass is 16.1. The van der Waals surface area contributed by atoms with Gasteiger partial charge in [-0.25, -0.2) is 0 Å². The second-order valence-electron chi connectivity index (χ2n) is 5.66. The van der Waals surface area contributed by atoms with Gasteiger partial charge in [0.05, 0.1) is 6.04 Å². The van der Waals surface area contributed by atoms with Gasteiger partial charge < -0.3 is 5.32 Å². The van der Waals surface area contributed by atoms with Crippen LogP contribution in [0.2, 0.25) is 0 Å². The smallest absolute Gasteiger partial charge is 0.179 e. The summed E-state index contributed by atoms with van der Waals surface area (Å²) in [5, 5.41) is 3.29. The van der Waals surface area contributed by atoms with E-state index in [-0.39, 0.29) is 11.8 Å². The number of benzene rings is 1. The lowest BCUT2D eigenvalue weighted by Crippen LogP contribution is -2.33. The highest BCUT2D eigenvalue weighted by molar-refractivity contribution is 6.00. The molecular weight excluding hydrogens is 260 g/mol. The Labute approximate surface area is 125 Å². The zero-order chi connectivity index (χ0) is 14.7. The first-order valence-corrected chi connectivity index (χ1v) is 7.52. The Morgan fingerprint density at radius 3 is 2.76 bits per heavy atom. The molecule has 0 saturated carbocycles. The molecule has 0 radical (unpaired) electrons. The van der Waals surface area contributed by atoms with Crippen molar-refractivity contribution < 1.29 is 4.79 Å². The van der Waals surface area contributed by atoms with Crippen LogP contribution >= 0.6 is 0 Å². The van der Waals surface area contributed by atoms with Crippen LogP contribution in [0.4, 0.5) is 0 Å². The zero-order valence-electron chi connectivity index (χ0n) is 12.3. The summed E-state index contributed by atoms with van der Waals surface area (Å²) in [6, 6.07) is 9.90. The summed E-state index contributed by atoms with van der Waals surface area (Å²) in [5.74, 6) is 0.166. The zero-order valence-corrected chi connectivity index (χ0v) is 12.3. The molecule has 0 fully saturated rings. The average Bonchev–Trinajstić information content (AvgIpc) is 3.00. The molecule has 1 N–H and O–H groups in total. The standard InChI is InChI=1S/C18H20N2O/c1-13(20-12-14-7-9-19-10-8-14)18(21)17-6-5-15-3-2-4-16(15)11-17/h5-11,13,20H,2-4,12H2,1H3. The molecule has 0 spiro atoms. The first-order chi connectivity index (χ1) is 10.2. The lowest BCUT2D eigenvalue weighted by Gasteiger charge is -2.13. The second-order valence-corrected chi connectivity index (χ2v) is 5.66. The predicted octanol–water partition coefficient (Wildman–Crippen LogP) is 2.93. The Morgan fingerprint density at radius 1 is 1.19 bits per heavy atom. The van der Waals surface area contributed by atoms with Crippen molar-refractivity contribution in [3.63, 3.8) is 0 Å². The largest absolute Gasteiger partial charge is 0.303 e. The van der Waals surface area contributed by atoms with Crippen molar-refractivity contribution in [2.75, 3.05) is 0 Å². The summed E-state index contributed by atoms with van der Waals surface area (Å²) in [4.78, 5) is 16.5. The lowest BCUT2D eigenvalue weighted by molar-refractivity contribution is 0.0950. The third-order valence-corrected chi connectivity index (χ3v) is 4.14. The highest BCUT2D eigenvalue weighted by Crippen LogP contribution is 2.23. The van der Waals surface area contributed by atoms with Crippen LogP contribution in [0.15, 0.2) is 42.7 Å². The van der Waals surface area contributed by atoms with Crippen molar-refractivity contribution in [1.82, 2.24) is 10.3 Å². The van der Waals surface area contributed by atoms with E-state index < -0.39 is 0 Å². The van der Waals surface area contributed by atoms with E-state index in [2.05, 4.69) is 22.4 Å². The summed E-state index contributed by atoms with van der Waals surface area (Å²) in [6.45, 7) is 2.61. The van der Waals surface area contributed by atoms with Crippen molar-refractivity contribution in [2.24, 2.45) is 0 Å². The van der Waals surface area contributed by atoms with Crippen molar-refractivity contribution in [1.29, 1.82) is 0 Å². The van der Waals surface area contributed by atoms with Gasteiger partial charge in [-0.05, 0) is 61.1 Å². The summed E-state index contributed by atoms with van der Waals surface area (Å²) < 4.78 is 0. The van der Waals surface area contributed by atoms with Crippen molar-refractivity contribution in [3.8, 4) is 0 Å². The Bertz CT molecular complexity index is 637. The molecule has 108 valence electrons. The number of fused-ring (bicyclic) bond motifs is 1. The maximum Gasteiger partial charge on any atom is 0.179 e. The fourth-order valence-electron chi connectivity index (χ4n) is 2.84. The fourth-order valence-corrected chi connectivity index (χ4v) is 2.84. The Morgan fingerprint density at radius 2 is 1.95 bits per heavy atom. The number of hydrogen-bond acceptors (Lipinski definition) is 3. The minimum Gasteiger partial charge on any atom is -0.303 e. The number of carbonyl (C=O) groups is 1. The van der Waals surface area contributed by atoms with Gasteiger partial charge in [0, 0.05) is 24.5 Å². The monoisotopic (exact) mass is 280 g/mol. The molecule has 0 saturated heterocycles. The third kappa shape index (κ3) is 3.19. The molecule has 1 aromatic carbocycles.